The monoisotopic (exact) mass is 265 g/mol. The molecular weight excluding hydrogens is 246 g/mol. The molecule has 1 aliphatic heterocycles. The van der Waals surface area contributed by atoms with Crippen LogP contribution in [0.4, 0.5) is 0 Å². The molecule has 2 aromatic rings. The van der Waals surface area contributed by atoms with Gasteiger partial charge in [0.05, 0.1) is 11.6 Å². The maximum atomic E-state index is 9.05. The molecule has 1 aromatic carbocycles. The molecule has 20 heavy (non-hydrogen) atoms. The Balaban J connectivity index is 1.56. The third kappa shape index (κ3) is 2.01. The molecular formula is C17H19N3. The van der Waals surface area contributed by atoms with Crippen molar-refractivity contribution in [1.82, 2.24) is 9.88 Å². The summed E-state index contributed by atoms with van der Waals surface area (Å²) in [6.07, 6.45) is 6.20. The quantitative estimate of drug-likeness (QED) is 0.925. The Morgan fingerprint density at radius 1 is 1.30 bits per heavy atom. The highest BCUT2D eigenvalue weighted by molar-refractivity contribution is 5.85. The van der Waals surface area contributed by atoms with Crippen molar-refractivity contribution in [3.05, 3.63) is 35.5 Å². The van der Waals surface area contributed by atoms with Crippen LogP contribution in [0.2, 0.25) is 0 Å². The van der Waals surface area contributed by atoms with Crippen LogP contribution >= 0.6 is 0 Å². The molecule has 0 spiro atoms. The van der Waals surface area contributed by atoms with Crippen molar-refractivity contribution < 1.29 is 0 Å². The zero-order valence-corrected chi connectivity index (χ0v) is 11.6. The average Bonchev–Trinajstić information content (AvgIpc) is 2.91. The van der Waals surface area contributed by atoms with Crippen molar-refractivity contribution in [2.45, 2.75) is 25.2 Å². The van der Waals surface area contributed by atoms with E-state index in [-0.39, 0.29) is 0 Å². The standard InChI is InChI=1S/C17H19N3/c18-9-12-3-4-17-15(7-12)16(10-19-17)14-8-13(14)11-20-5-1-2-6-20/h3-4,7,10,13-14,19H,1-2,5-6,8,11H2. The summed E-state index contributed by atoms with van der Waals surface area (Å²) in [7, 11) is 0. The van der Waals surface area contributed by atoms with Crippen molar-refractivity contribution in [3.63, 3.8) is 0 Å². The lowest BCUT2D eigenvalue weighted by Gasteiger charge is -2.13. The lowest BCUT2D eigenvalue weighted by molar-refractivity contribution is 0.322. The number of benzene rings is 1. The van der Waals surface area contributed by atoms with Gasteiger partial charge in [0.2, 0.25) is 0 Å². The predicted octanol–water partition coefficient (Wildman–Crippen LogP) is 3.24. The first-order valence-corrected chi connectivity index (χ1v) is 7.58. The highest BCUT2D eigenvalue weighted by Gasteiger charge is 2.40. The number of nitrogens with zero attached hydrogens (tertiary/aromatic N) is 2. The molecule has 2 atom stereocenters. The number of hydrogen-bond acceptors (Lipinski definition) is 2. The van der Waals surface area contributed by atoms with Crippen LogP contribution in [0, 0.1) is 17.2 Å². The molecule has 3 nitrogen and oxygen atoms in total. The number of nitriles is 1. The number of likely N-dealkylation sites (tertiary alicyclic amines) is 1. The lowest BCUT2D eigenvalue weighted by atomic mass is 10.1. The highest BCUT2D eigenvalue weighted by atomic mass is 15.1. The number of nitrogens with one attached hydrogen (secondary N) is 1. The molecule has 0 amide bonds. The van der Waals surface area contributed by atoms with E-state index in [1.54, 1.807) is 0 Å². The van der Waals surface area contributed by atoms with Gasteiger partial charge in [-0.1, -0.05) is 0 Å². The van der Waals surface area contributed by atoms with Gasteiger partial charge >= 0.3 is 0 Å². The second kappa shape index (κ2) is 4.64. The first-order valence-electron chi connectivity index (χ1n) is 7.58. The summed E-state index contributed by atoms with van der Waals surface area (Å²) in [5.74, 6) is 1.51. The Bertz CT molecular complexity index is 673. The van der Waals surface area contributed by atoms with E-state index in [1.807, 2.05) is 18.2 Å². The minimum absolute atomic E-state index is 0.693. The summed E-state index contributed by atoms with van der Waals surface area (Å²) >= 11 is 0. The molecule has 2 aliphatic rings. The highest BCUT2D eigenvalue weighted by Crippen LogP contribution is 2.50. The van der Waals surface area contributed by atoms with E-state index in [1.165, 1.54) is 49.8 Å². The molecule has 2 unspecified atom stereocenters. The average molecular weight is 265 g/mol. The van der Waals surface area contributed by atoms with Gasteiger partial charge in [-0.25, -0.2) is 0 Å². The van der Waals surface area contributed by atoms with Crippen LogP contribution in [-0.4, -0.2) is 29.5 Å². The molecule has 4 rings (SSSR count). The molecule has 1 aliphatic carbocycles. The van der Waals surface area contributed by atoms with E-state index in [4.69, 9.17) is 5.26 Å². The van der Waals surface area contributed by atoms with Crippen molar-refractivity contribution in [2.24, 2.45) is 5.92 Å². The maximum Gasteiger partial charge on any atom is 0.0991 e. The van der Waals surface area contributed by atoms with Gasteiger partial charge in [-0.2, -0.15) is 5.26 Å². The van der Waals surface area contributed by atoms with Gasteiger partial charge in [0.25, 0.3) is 0 Å². The Morgan fingerprint density at radius 3 is 2.95 bits per heavy atom. The van der Waals surface area contributed by atoms with Crippen molar-refractivity contribution in [2.75, 3.05) is 19.6 Å². The summed E-state index contributed by atoms with van der Waals surface area (Å²) in [6, 6.07) is 8.19. The van der Waals surface area contributed by atoms with Gasteiger partial charge in [-0.05, 0) is 68.0 Å². The van der Waals surface area contributed by atoms with Crippen LogP contribution in [0.1, 0.15) is 36.3 Å². The van der Waals surface area contributed by atoms with Gasteiger partial charge in [-0.15, -0.1) is 0 Å². The maximum absolute atomic E-state index is 9.05. The number of aromatic nitrogens is 1. The smallest absolute Gasteiger partial charge is 0.0991 e. The van der Waals surface area contributed by atoms with Gasteiger partial charge in [0.15, 0.2) is 0 Å². The van der Waals surface area contributed by atoms with Gasteiger partial charge < -0.3 is 9.88 Å². The van der Waals surface area contributed by atoms with Crippen molar-refractivity contribution in [3.8, 4) is 6.07 Å². The van der Waals surface area contributed by atoms with Crippen LogP contribution in [0.3, 0.4) is 0 Å². The first-order chi connectivity index (χ1) is 9.85. The SMILES string of the molecule is N#Cc1ccc2[nH]cc(C3CC3CN3CCCC3)c2c1. The Hall–Kier alpha value is -1.79. The fraction of sp³-hybridized carbons (Fsp3) is 0.471. The fourth-order valence-corrected chi connectivity index (χ4v) is 3.65. The van der Waals surface area contributed by atoms with E-state index in [0.29, 0.717) is 5.92 Å². The second-order valence-electron chi connectivity index (χ2n) is 6.23. The molecule has 1 saturated heterocycles. The van der Waals surface area contributed by atoms with Crippen LogP contribution < -0.4 is 0 Å². The van der Waals surface area contributed by atoms with Crippen LogP contribution in [0.5, 0.6) is 0 Å². The molecule has 102 valence electrons. The third-order valence-corrected chi connectivity index (χ3v) is 4.86. The minimum Gasteiger partial charge on any atom is -0.361 e. The minimum atomic E-state index is 0.693. The summed E-state index contributed by atoms with van der Waals surface area (Å²) < 4.78 is 0. The second-order valence-corrected chi connectivity index (χ2v) is 6.23. The number of H-pyrrole nitrogens is 1. The lowest BCUT2D eigenvalue weighted by Crippen LogP contribution is -2.22. The number of hydrogen-bond donors (Lipinski definition) is 1. The molecule has 0 bridgehead atoms. The third-order valence-electron chi connectivity index (χ3n) is 4.86. The number of fused-ring (bicyclic) bond motifs is 1. The van der Waals surface area contributed by atoms with Crippen LogP contribution in [0.15, 0.2) is 24.4 Å². The first kappa shape index (κ1) is 12.0. The normalized spacial score (nSPS) is 25.9. The van der Waals surface area contributed by atoms with Crippen molar-refractivity contribution in [1.29, 1.82) is 5.26 Å². The van der Waals surface area contributed by atoms with Gasteiger partial charge in [0.1, 0.15) is 0 Å². The zero-order chi connectivity index (χ0) is 13.5. The van der Waals surface area contributed by atoms with Gasteiger partial charge in [0, 0.05) is 23.6 Å². The summed E-state index contributed by atoms with van der Waals surface area (Å²) in [4.78, 5) is 5.96. The molecule has 1 N–H and O–H groups in total. The predicted molar refractivity (Wildman–Crippen MR) is 79.5 cm³/mol. The fourth-order valence-electron chi connectivity index (χ4n) is 3.65. The molecule has 2 heterocycles. The molecule has 3 heteroatoms. The number of rotatable bonds is 3. The molecule has 1 saturated carbocycles. The van der Waals surface area contributed by atoms with E-state index >= 15 is 0 Å². The Morgan fingerprint density at radius 2 is 2.15 bits per heavy atom. The number of aromatic amines is 1. The molecule has 0 radical (unpaired) electrons. The summed E-state index contributed by atoms with van der Waals surface area (Å²) in [6.45, 7) is 3.83. The topological polar surface area (TPSA) is 42.8 Å². The van der Waals surface area contributed by atoms with Crippen LogP contribution in [0.25, 0.3) is 10.9 Å². The summed E-state index contributed by atoms with van der Waals surface area (Å²) in [5, 5.41) is 10.3. The van der Waals surface area contributed by atoms with Gasteiger partial charge in [-0.3, -0.25) is 0 Å². The molecule has 1 aromatic heterocycles. The Kier molecular flexibility index (Phi) is 2.78. The largest absolute Gasteiger partial charge is 0.361 e. The summed E-state index contributed by atoms with van der Waals surface area (Å²) in [5.41, 5.74) is 3.34. The zero-order valence-electron chi connectivity index (χ0n) is 11.6. The van der Waals surface area contributed by atoms with Crippen LogP contribution in [-0.2, 0) is 0 Å². The van der Waals surface area contributed by atoms with Crippen molar-refractivity contribution >= 4 is 10.9 Å². The molecule has 2 fully saturated rings. The van der Waals surface area contributed by atoms with E-state index in [9.17, 15) is 0 Å². The van der Waals surface area contributed by atoms with E-state index in [2.05, 4.69) is 22.1 Å². The van der Waals surface area contributed by atoms with E-state index in [0.717, 1.165) is 17.0 Å². The van der Waals surface area contributed by atoms with E-state index < -0.39 is 0 Å². The Labute approximate surface area is 119 Å².